The van der Waals surface area contributed by atoms with Gasteiger partial charge in [-0.2, -0.15) is 4.98 Å². The van der Waals surface area contributed by atoms with Crippen LogP contribution in [0.25, 0.3) is 10.7 Å². The van der Waals surface area contributed by atoms with Gasteiger partial charge in [-0.3, -0.25) is 9.59 Å². The Labute approximate surface area is 193 Å². The summed E-state index contributed by atoms with van der Waals surface area (Å²) in [5, 5.41) is 9.52. The van der Waals surface area contributed by atoms with Crippen molar-refractivity contribution in [2.24, 2.45) is 0 Å². The topological polar surface area (TPSA) is 88.3 Å². The normalized spacial score (nSPS) is 16.3. The number of carbonyl (C=O) groups excluding carboxylic acids is 2. The lowest BCUT2D eigenvalue weighted by Crippen LogP contribution is -2.50. The zero-order chi connectivity index (χ0) is 21.8. The molecule has 7 nitrogen and oxygen atoms in total. The van der Waals surface area contributed by atoms with Crippen LogP contribution >= 0.6 is 34.5 Å². The molecule has 1 unspecified atom stereocenters. The first kappa shape index (κ1) is 21.8. The Balaban J connectivity index is 1.37. The van der Waals surface area contributed by atoms with Gasteiger partial charge in [0.05, 0.1) is 14.9 Å². The standard InChI is InChI=1S/C21H20Cl2N4O3S/c22-14-7-6-13(12-15(14)23)24-21(29)16-4-1-2-10-27(16)19(28)9-8-18-25-20(26-30-18)17-5-3-11-31-17/h3,5-7,11-12,16H,1-2,4,8-10H2,(H,24,29). The summed E-state index contributed by atoms with van der Waals surface area (Å²) in [6.07, 6.45) is 2.89. The van der Waals surface area contributed by atoms with Gasteiger partial charge in [0.1, 0.15) is 6.04 Å². The minimum absolute atomic E-state index is 0.107. The predicted octanol–water partition coefficient (Wildman–Crippen LogP) is 5.06. The second-order valence-electron chi connectivity index (χ2n) is 7.21. The second-order valence-corrected chi connectivity index (χ2v) is 8.97. The van der Waals surface area contributed by atoms with Crippen LogP contribution in [0.4, 0.5) is 5.69 Å². The van der Waals surface area contributed by atoms with E-state index in [4.69, 9.17) is 27.7 Å². The number of nitrogens with zero attached hydrogens (tertiary/aromatic N) is 3. The van der Waals surface area contributed by atoms with Gasteiger partial charge >= 0.3 is 0 Å². The van der Waals surface area contributed by atoms with Gasteiger partial charge in [0, 0.05) is 25.1 Å². The van der Waals surface area contributed by atoms with Gasteiger partial charge < -0.3 is 14.7 Å². The molecule has 1 fully saturated rings. The van der Waals surface area contributed by atoms with Crippen LogP contribution in [0.15, 0.2) is 40.2 Å². The predicted molar refractivity (Wildman–Crippen MR) is 120 cm³/mol. The smallest absolute Gasteiger partial charge is 0.247 e. The van der Waals surface area contributed by atoms with Crippen LogP contribution in [0.3, 0.4) is 0 Å². The minimum Gasteiger partial charge on any atom is -0.339 e. The minimum atomic E-state index is -0.528. The number of aromatic nitrogens is 2. The second kappa shape index (κ2) is 9.80. The van der Waals surface area contributed by atoms with Crippen molar-refractivity contribution in [3.05, 3.63) is 51.6 Å². The van der Waals surface area contributed by atoms with Gasteiger partial charge in [-0.15, -0.1) is 11.3 Å². The third kappa shape index (κ3) is 5.26. The van der Waals surface area contributed by atoms with Crippen molar-refractivity contribution in [2.75, 3.05) is 11.9 Å². The number of hydrogen-bond donors (Lipinski definition) is 1. The average Bonchev–Trinajstić information content (AvgIpc) is 3.46. The van der Waals surface area contributed by atoms with Crippen LogP contribution in [0.5, 0.6) is 0 Å². The Morgan fingerprint density at radius 2 is 2.10 bits per heavy atom. The highest BCUT2D eigenvalue weighted by Crippen LogP contribution is 2.26. The van der Waals surface area contributed by atoms with Gasteiger partial charge in [0.15, 0.2) is 0 Å². The number of halogens is 2. The Morgan fingerprint density at radius 1 is 1.23 bits per heavy atom. The number of nitrogens with one attached hydrogen (secondary N) is 1. The van der Waals surface area contributed by atoms with Crippen LogP contribution < -0.4 is 5.32 Å². The Bertz CT molecular complexity index is 1070. The van der Waals surface area contributed by atoms with E-state index in [2.05, 4.69) is 15.5 Å². The summed E-state index contributed by atoms with van der Waals surface area (Å²) in [4.78, 5) is 32.7. The van der Waals surface area contributed by atoms with Crippen molar-refractivity contribution in [2.45, 2.75) is 38.1 Å². The highest BCUT2D eigenvalue weighted by molar-refractivity contribution is 7.13. The molecule has 1 atom stereocenters. The first-order valence-electron chi connectivity index (χ1n) is 9.93. The van der Waals surface area contributed by atoms with Crippen LogP contribution in [0.2, 0.25) is 10.0 Å². The van der Waals surface area contributed by atoms with E-state index in [1.807, 2.05) is 17.5 Å². The van der Waals surface area contributed by atoms with E-state index in [0.29, 0.717) is 46.8 Å². The maximum atomic E-state index is 12.9. The molecule has 0 aliphatic carbocycles. The van der Waals surface area contributed by atoms with E-state index in [1.54, 1.807) is 23.1 Å². The fourth-order valence-electron chi connectivity index (χ4n) is 3.52. The van der Waals surface area contributed by atoms with E-state index in [-0.39, 0.29) is 18.2 Å². The SMILES string of the molecule is O=C(Nc1ccc(Cl)c(Cl)c1)C1CCCCN1C(=O)CCc1nc(-c2cccs2)no1. The number of aryl methyl sites for hydroxylation is 1. The van der Waals surface area contributed by atoms with Crippen molar-refractivity contribution in [1.29, 1.82) is 0 Å². The molecule has 0 radical (unpaired) electrons. The third-order valence-corrected chi connectivity index (χ3v) is 6.68. The zero-order valence-corrected chi connectivity index (χ0v) is 18.8. The van der Waals surface area contributed by atoms with Gasteiger partial charge in [0.25, 0.3) is 0 Å². The largest absolute Gasteiger partial charge is 0.339 e. The first-order chi connectivity index (χ1) is 15.0. The molecule has 1 aliphatic rings. The number of amides is 2. The number of likely N-dealkylation sites (tertiary alicyclic amines) is 1. The average molecular weight is 479 g/mol. The van der Waals surface area contributed by atoms with Gasteiger partial charge in [-0.1, -0.05) is 34.4 Å². The van der Waals surface area contributed by atoms with Crippen LogP contribution in [-0.2, 0) is 16.0 Å². The fraction of sp³-hybridized carbons (Fsp3) is 0.333. The molecule has 2 amide bonds. The van der Waals surface area contributed by atoms with Crippen molar-refractivity contribution in [3.8, 4) is 10.7 Å². The van der Waals surface area contributed by atoms with E-state index in [0.717, 1.165) is 17.7 Å². The Kier molecular flexibility index (Phi) is 6.89. The summed E-state index contributed by atoms with van der Waals surface area (Å²) < 4.78 is 5.27. The molecule has 2 aromatic heterocycles. The van der Waals surface area contributed by atoms with Gasteiger partial charge in [-0.05, 0) is 48.9 Å². The van der Waals surface area contributed by atoms with Crippen LogP contribution in [-0.4, -0.2) is 39.4 Å². The van der Waals surface area contributed by atoms with Gasteiger partial charge in [0.2, 0.25) is 23.5 Å². The van der Waals surface area contributed by atoms with Crippen LogP contribution in [0.1, 0.15) is 31.6 Å². The lowest BCUT2D eigenvalue weighted by molar-refractivity contribution is -0.140. The van der Waals surface area contributed by atoms with Crippen molar-refractivity contribution >= 4 is 52.0 Å². The first-order valence-corrected chi connectivity index (χ1v) is 11.6. The molecule has 1 N–H and O–H groups in total. The molecule has 0 saturated carbocycles. The summed E-state index contributed by atoms with van der Waals surface area (Å²) >= 11 is 13.5. The third-order valence-electron chi connectivity index (χ3n) is 5.08. The maximum Gasteiger partial charge on any atom is 0.247 e. The Morgan fingerprint density at radius 3 is 2.87 bits per heavy atom. The summed E-state index contributed by atoms with van der Waals surface area (Å²) in [6.45, 7) is 0.544. The van der Waals surface area contributed by atoms with E-state index >= 15 is 0 Å². The number of carbonyl (C=O) groups is 2. The Hall–Kier alpha value is -2.42. The molecule has 3 aromatic rings. The number of benzene rings is 1. The molecule has 1 aromatic carbocycles. The number of rotatable bonds is 6. The molecular weight excluding hydrogens is 459 g/mol. The molecule has 4 rings (SSSR count). The maximum absolute atomic E-state index is 12.9. The highest BCUT2D eigenvalue weighted by atomic mass is 35.5. The van der Waals surface area contributed by atoms with Crippen molar-refractivity contribution in [1.82, 2.24) is 15.0 Å². The van der Waals surface area contributed by atoms with E-state index < -0.39 is 6.04 Å². The number of hydrogen-bond acceptors (Lipinski definition) is 6. The summed E-state index contributed by atoms with van der Waals surface area (Å²) in [6, 6.07) is 8.20. The van der Waals surface area contributed by atoms with E-state index in [9.17, 15) is 9.59 Å². The number of piperidine rings is 1. The molecule has 0 bridgehead atoms. The molecular formula is C21H20Cl2N4O3S. The molecule has 10 heteroatoms. The molecule has 1 aliphatic heterocycles. The summed E-state index contributed by atoms with van der Waals surface area (Å²) in [7, 11) is 0. The monoisotopic (exact) mass is 478 g/mol. The zero-order valence-electron chi connectivity index (χ0n) is 16.5. The summed E-state index contributed by atoms with van der Waals surface area (Å²) in [5.74, 6) is 0.592. The number of anilines is 1. The fourth-order valence-corrected chi connectivity index (χ4v) is 4.47. The highest BCUT2D eigenvalue weighted by Gasteiger charge is 2.32. The molecule has 3 heterocycles. The lowest BCUT2D eigenvalue weighted by Gasteiger charge is -2.34. The quantitative estimate of drug-likeness (QED) is 0.534. The van der Waals surface area contributed by atoms with Gasteiger partial charge in [-0.25, -0.2) is 0 Å². The van der Waals surface area contributed by atoms with Crippen LogP contribution in [0, 0.1) is 0 Å². The van der Waals surface area contributed by atoms with Crippen molar-refractivity contribution in [3.63, 3.8) is 0 Å². The molecule has 1 saturated heterocycles. The van der Waals surface area contributed by atoms with Crippen molar-refractivity contribution < 1.29 is 14.1 Å². The summed E-state index contributed by atoms with van der Waals surface area (Å²) in [5.41, 5.74) is 0.546. The molecule has 0 spiro atoms. The molecule has 31 heavy (non-hydrogen) atoms. The van der Waals surface area contributed by atoms with E-state index in [1.165, 1.54) is 11.3 Å². The lowest BCUT2D eigenvalue weighted by atomic mass is 10.0. The number of thiophene rings is 1. The molecule has 162 valence electrons.